The van der Waals surface area contributed by atoms with Gasteiger partial charge in [0.25, 0.3) is 0 Å². The van der Waals surface area contributed by atoms with Crippen molar-refractivity contribution in [3.63, 3.8) is 0 Å². The summed E-state index contributed by atoms with van der Waals surface area (Å²) in [5.41, 5.74) is 10.1. The molecule has 0 aromatic rings. The number of nitrogens with two attached hydrogens (primary N) is 2. The van der Waals surface area contributed by atoms with Crippen molar-refractivity contribution in [1.82, 2.24) is 0 Å². The fourth-order valence-electron chi connectivity index (χ4n) is 0.118. The Morgan fingerprint density at radius 2 is 1.14 bits per heavy atom. The Kier molecular flexibility index (Phi) is 37.3. The topological polar surface area (TPSA) is 52.0 Å². The van der Waals surface area contributed by atoms with E-state index < -0.39 is 0 Å². The molecule has 0 unspecified atom stereocenters. The second-order valence-corrected chi connectivity index (χ2v) is 0.931. The van der Waals surface area contributed by atoms with Gasteiger partial charge < -0.3 is 11.5 Å². The van der Waals surface area contributed by atoms with E-state index in [1.54, 1.807) is 0 Å². The molecule has 0 rings (SSSR count). The van der Waals surface area contributed by atoms with E-state index in [4.69, 9.17) is 11.5 Å². The Morgan fingerprint density at radius 1 is 0.857 bits per heavy atom. The van der Waals surface area contributed by atoms with E-state index in [2.05, 4.69) is 0 Å². The lowest BCUT2D eigenvalue weighted by Gasteiger charge is -1.81. The van der Waals surface area contributed by atoms with Crippen LogP contribution in [0, 0.1) is 0 Å². The molecule has 0 heterocycles. The van der Waals surface area contributed by atoms with E-state index in [-0.39, 0.29) is 16.8 Å². The van der Waals surface area contributed by atoms with Crippen LogP contribution in [-0.4, -0.2) is 29.9 Å². The van der Waals surface area contributed by atoms with Crippen LogP contribution >= 0.6 is 0 Å². The largest absolute Gasteiger partial charge is 0.330 e. The Morgan fingerprint density at radius 3 is 1.14 bits per heavy atom. The van der Waals surface area contributed by atoms with Crippen LogP contribution in [0.1, 0.15) is 6.42 Å². The molecule has 0 atom stereocenters. The molecule has 7 heavy (non-hydrogen) atoms. The van der Waals surface area contributed by atoms with Crippen molar-refractivity contribution in [2.45, 2.75) is 6.42 Å². The molecule has 6 radical (unpaired) electrons. The van der Waals surface area contributed by atoms with Gasteiger partial charge in [0.15, 0.2) is 0 Å². The number of hydrogen-bond acceptors (Lipinski definition) is 2. The van der Waals surface area contributed by atoms with E-state index in [9.17, 15) is 0 Å². The van der Waals surface area contributed by atoms with Gasteiger partial charge in [0.2, 0.25) is 0 Å². The zero-order valence-electron chi connectivity index (χ0n) is 4.43. The molecule has 0 aromatic carbocycles. The summed E-state index contributed by atoms with van der Waals surface area (Å²) < 4.78 is 0. The summed E-state index contributed by atoms with van der Waals surface area (Å²) in [4.78, 5) is 0. The van der Waals surface area contributed by atoms with E-state index >= 15 is 0 Å². The fraction of sp³-hybridized carbons (Fsp3) is 1.00. The van der Waals surface area contributed by atoms with Crippen LogP contribution in [0.15, 0.2) is 0 Å². The van der Waals surface area contributed by atoms with Gasteiger partial charge in [-0.25, -0.2) is 0 Å². The minimum absolute atomic E-state index is 0. The first-order chi connectivity index (χ1) is 2.41. The molecular formula is C3H10B2N2. The van der Waals surface area contributed by atoms with Crippen LogP contribution in [0.5, 0.6) is 0 Å². The van der Waals surface area contributed by atoms with Gasteiger partial charge in [-0.15, -0.1) is 0 Å². The molecule has 0 aliphatic heterocycles. The van der Waals surface area contributed by atoms with Gasteiger partial charge in [-0.1, -0.05) is 0 Å². The Bertz CT molecular complexity index is 18.4. The van der Waals surface area contributed by atoms with Crippen molar-refractivity contribution in [2.24, 2.45) is 11.5 Å². The molecule has 4 heteroatoms. The van der Waals surface area contributed by atoms with Gasteiger partial charge in [0.05, 0.1) is 0 Å². The minimum Gasteiger partial charge on any atom is -0.330 e. The SMILES string of the molecule is NCCCN.[B].[B]. The molecule has 0 aliphatic carbocycles. The Hall–Kier alpha value is 0.0499. The summed E-state index contributed by atoms with van der Waals surface area (Å²) >= 11 is 0. The fourth-order valence-corrected chi connectivity index (χ4v) is 0.118. The molecule has 2 nitrogen and oxygen atoms in total. The van der Waals surface area contributed by atoms with Crippen molar-refractivity contribution >= 4 is 16.8 Å². The molecule has 0 aromatic heterocycles. The third kappa shape index (κ3) is 23.6. The lowest BCUT2D eigenvalue weighted by Crippen LogP contribution is -2.06. The quantitative estimate of drug-likeness (QED) is 0.412. The van der Waals surface area contributed by atoms with Crippen molar-refractivity contribution in [3.8, 4) is 0 Å². The summed E-state index contributed by atoms with van der Waals surface area (Å²) in [6.45, 7) is 1.44. The van der Waals surface area contributed by atoms with Gasteiger partial charge >= 0.3 is 0 Å². The normalized spacial score (nSPS) is 6.00. The maximum atomic E-state index is 5.06. The third-order valence-corrected chi connectivity index (χ3v) is 0.408. The molecule has 4 N–H and O–H groups in total. The molecule has 0 spiro atoms. The van der Waals surface area contributed by atoms with Crippen LogP contribution < -0.4 is 11.5 Å². The van der Waals surface area contributed by atoms with Gasteiger partial charge in [-0.3, -0.25) is 0 Å². The lowest BCUT2D eigenvalue weighted by atomic mass is 10.4. The number of hydrogen-bond donors (Lipinski definition) is 2. The first kappa shape index (κ1) is 15.7. The van der Waals surface area contributed by atoms with Gasteiger partial charge in [0, 0.05) is 16.8 Å². The second-order valence-electron chi connectivity index (χ2n) is 0.931. The molecule has 0 fully saturated rings. The first-order valence-corrected chi connectivity index (χ1v) is 1.82. The molecule has 0 aliphatic rings. The number of rotatable bonds is 2. The van der Waals surface area contributed by atoms with Crippen molar-refractivity contribution < 1.29 is 0 Å². The first-order valence-electron chi connectivity index (χ1n) is 1.82. The van der Waals surface area contributed by atoms with E-state index in [0.29, 0.717) is 0 Å². The third-order valence-electron chi connectivity index (χ3n) is 0.408. The van der Waals surface area contributed by atoms with Crippen LogP contribution in [0.2, 0.25) is 0 Å². The van der Waals surface area contributed by atoms with E-state index in [1.165, 1.54) is 0 Å². The van der Waals surface area contributed by atoms with Crippen molar-refractivity contribution in [2.75, 3.05) is 13.1 Å². The molecule has 0 saturated carbocycles. The van der Waals surface area contributed by atoms with E-state index in [1.807, 2.05) is 0 Å². The van der Waals surface area contributed by atoms with E-state index in [0.717, 1.165) is 19.5 Å². The van der Waals surface area contributed by atoms with Crippen LogP contribution in [-0.2, 0) is 0 Å². The second kappa shape index (κ2) is 16.6. The highest BCUT2D eigenvalue weighted by Gasteiger charge is 1.67. The summed E-state index contributed by atoms with van der Waals surface area (Å²) in [7, 11) is 0. The Labute approximate surface area is 48.8 Å². The summed E-state index contributed by atoms with van der Waals surface area (Å²) in [5, 5.41) is 0. The zero-order valence-corrected chi connectivity index (χ0v) is 4.43. The minimum atomic E-state index is 0. The smallest absolute Gasteiger partial charge is 0 e. The lowest BCUT2D eigenvalue weighted by molar-refractivity contribution is 0.844. The highest BCUT2D eigenvalue weighted by molar-refractivity contribution is 5.76. The maximum absolute atomic E-state index is 5.06. The van der Waals surface area contributed by atoms with Crippen LogP contribution in [0.4, 0.5) is 0 Å². The molecule has 0 amide bonds. The highest BCUT2D eigenvalue weighted by Crippen LogP contribution is 1.58. The Balaban J connectivity index is -0.0000000800. The van der Waals surface area contributed by atoms with Gasteiger partial charge in [-0.2, -0.15) is 0 Å². The summed E-state index contributed by atoms with van der Waals surface area (Å²) in [5.74, 6) is 0. The molecular weight excluding hydrogens is 85.7 g/mol. The molecule has 0 saturated heterocycles. The van der Waals surface area contributed by atoms with Crippen LogP contribution in [0.3, 0.4) is 0 Å². The monoisotopic (exact) mass is 96.1 g/mol. The average Bonchev–Trinajstić information content (AvgIpc) is 1.41. The average molecular weight is 95.8 g/mol. The van der Waals surface area contributed by atoms with Crippen molar-refractivity contribution in [1.29, 1.82) is 0 Å². The standard InChI is InChI=1S/C3H10N2.2B/c4-2-1-3-5;;/h1-5H2;;. The van der Waals surface area contributed by atoms with Crippen LogP contribution in [0.25, 0.3) is 0 Å². The van der Waals surface area contributed by atoms with Crippen molar-refractivity contribution in [3.05, 3.63) is 0 Å². The highest BCUT2D eigenvalue weighted by atomic mass is 14.6. The predicted octanol–water partition coefficient (Wildman–Crippen LogP) is -1.47. The molecule has 0 bridgehead atoms. The van der Waals surface area contributed by atoms with Gasteiger partial charge in [0.1, 0.15) is 0 Å². The maximum Gasteiger partial charge on any atom is 0 e. The van der Waals surface area contributed by atoms with Gasteiger partial charge in [-0.05, 0) is 19.5 Å². The predicted molar refractivity (Wildman–Crippen MR) is 34.2 cm³/mol. The summed E-state index contributed by atoms with van der Waals surface area (Å²) in [6.07, 6.45) is 0.944. The zero-order chi connectivity index (χ0) is 4.12. The summed E-state index contributed by atoms with van der Waals surface area (Å²) in [6, 6.07) is 0. The molecule has 38 valence electrons.